The number of aromatic amines is 1. The van der Waals surface area contributed by atoms with Gasteiger partial charge in [0.2, 0.25) is 0 Å². The fourth-order valence-electron chi connectivity index (χ4n) is 3.67. The van der Waals surface area contributed by atoms with Gasteiger partial charge in [-0.2, -0.15) is 0 Å². The molecule has 3 N–H and O–H groups in total. The van der Waals surface area contributed by atoms with Crippen molar-refractivity contribution in [3.8, 4) is 0 Å². The molecule has 2 amide bonds. The van der Waals surface area contributed by atoms with Gasteiger partial charge in [-0.3, -0.25) is 9.59 Å². The first-order valence-electron chi connectivity index (χ1n) is 10.3. The SMILES string of the molecule is Cc1cc(C(=O)NCCCCc2ccccc2)[nH]c1/C=C1\C(=O)Nc2ccccc21. The lowest BCUT2D eigenvalue weighted by Gasteiger charge is -2.04. The van der Waals surface area contributed by atoms with Gasteiger partial charge >= 0.3 is 0 Å². The Morgan fingerprint density at radius 3 is 2.63 bits per heavy atom. The van der Waals surface area contributed by atoms with Gasteiger partial charge in [-0.25, -0.2) is 0 Å². The van der Waals surface area contributed by atoms with Crippen molar-refractivity contribution in [2.24, 2.45) is 0 Å². The third kappa shape index (κ3) is 4.35. The number of aromatic nitrogens is 1. The van der Waals surface area contributed by atoms with Crippen LogP contribution in [0.2, 0.25) is 0 Å². The minimum Gasteiger partial charge on any atom is -0.351 e. The van der Waals surface area contributed by atoms with E-state index >= 15 is 0 Å². The molecule has 0 saturated carbocycles. The normalized spacial score (nSPS) is 13.9. The molecular formula is C25H25N3O2. The van der Waals surface area contributed by atoms with Gasteiger partial charge in [0.15, 0.2) is 0 Å². The zero-order chi connectivity index (χ0) is 20.9. The number of fused-ring (bicyclic) bond motifs is 1. The summed E-state index contributed by atoms with van der Waals surface area (Å²) in [6, 6.07) is 19.8. The summed E-state index contributed by atoms with van der Waals surface area (Å²) in [5.41, 5.74) is 5.81. The number of aryl methyl sites for hydroxylation is 2. The van der Waals surface area contributed by atoms with Crippen LogP contribution in [0.3, 0.4) is 0 Å². The maximum absolute atomic E-state index is 12.5. The topological polar surface area (TPSA) is 74.0 Å². The van der Waals surface area contributed by atoms with Gasteiger partial charge in [-0.1, -0.05) is 48.5 Å². The predicted octanol–water partition coefficient (Wildman–Crippen LogP) is 4.57. The maximum Gasteiger partial charge on any atom is 0.267 e. The summed E-state index contributed by atoms with van der Waals surface area (Å²) in [7, 11) is 0. The van der Waals surface area contributed by atoms with Crippen molar-refractivity contribution in [2.75, 3.05) is 11.9 Å². The average Bonchev–Trinajstić information content (AvgIpc) is 3.28. The van der Waals surface area contributed by atoms with E-state index in [9.17, 15) is 9.59 Å². The molecule has 2 heterocycles. The second-order valence-electron chi connectivity index (χ2n) is 7.54. The lowest BCUT2D eigenvalue weighted by atomic mass is 10.1. The number of carbonyl (C=O) groups excluding carboxylic acids is 2. The van der Waals surface area contributed by atoms with E-state index in [1.165, 1.54) is 5.56 Å². The van der Waals surface area contributed by atoms with Crippen LogP contribution in [0.25, 0.3) is 11.6 Å². The molecule has 0 unspecified atom stereocenters. The largest absolute Gasteiger partial charge is 0.351 e. The van der Waals surface area contributed by atoms with Crippen LogP contribution in [0, 0.1) is 6.92 Å². The van der Waals surface area contributed by atoms with Crippen LogP contribution in [-0.2, 0) is 11.2 Å². The van der Waals surface area contributed by atoms with E-state index in [1.807, 2.05) is 61.5 Å². The highest BCUT2D eigenvalue weighted by Gasteiger charge is 2.24. The van der Waals surface area contributed by atoms with Crippen LogP contribution in [0.5, 0.6) is 0 Å². The summed E-state index contributed by atoms with van der Waals surface area (Å²) in [5.74, 6) is -0.256. The van der Waals surface area contributed by atoms with Crippen LogP contribution in [0.15, 0.2) is 60.7 Å². The molecule has 1 aromatic heterocycles. The quantitative estimate of drug-likeness (QED) is 0.402. The summed E-state index contributed by atoms with van der Waals surface area (Å²) in [5, 5.41) is 5.84. The van der Waals surface area contributed by atoms with Gasteiger partial charge in [0.1, 0.15) is 5.69 Å². The number of anilines is 1. The van der Waals surface area contributed by atoms with E-state index in [1.54, 1.807) is 0 Å². The maximum atomic E-state index is 12.5. The van der Waals surface area contributed by atoms with E-state index in [0.29, 0.717) is 17.8 Å². The van der Waals surface area contributed by atoms with Gasteiger partial charge in [0, 0.05) is 23.5 Å². The summed E-state index contributed by atoms with van der Waals surface area (Å²) in [6.07, 6.45) is 4.78. The van der Waals surface area contributed by atoms with Crippen LogP contribution < -0.4 is 10.6 Å². The molecule has 5 heteroatoms. The minimum atomic E-state index is -0.130. The van der Waals surface area contributed by atoms with Gasteiger partial charge < -0.3 is 15.6 Å². The predicted molar refractivity (Wildman–Crippen MR) is 120 cm³/mol. The number of para-hydroxylation sites is 1. The highest BCUT2D eigenvalue weighted by molar-refractivity contribution is 6.34. The molecule has 0 radical (unpaired) electrons. The first kappa shape index (κ1) is 19.7. The third-order valence-corrected chi connectivity index (χ3v) is 5.32. The fraction of sp³-hybridized carbons (Fsp3) is 0.200. The Balaban J connectivity index is 1.36. The number of nitrogens with one attached hydrogen (secondary N) is 3. The Bertz CT molecular complexity index is 1100. The van der Waals surface area contributed by atoms with Gasteiger partial charge in [-0.05, 0) is 55.5 Å². The molecule has 0 spiro atoms. The molecule has 0 atom stereocenters. The number of carbonyl (C=O) groups is 2. The molecule has 1 aliphatic heterocycles. The highest BCUT2D eigenvalue weighted by atomic mass is 16.2. The Labute approximate surface area is 176 Å². The molecule has 152 valence electrons. The molecule has 0 saturated heterocycles. The van der Waals surface area contributed by atoms with Crippen molar-refractivity contribution in [3.05, 3.63) is 88.7 Å². The molecule has 1 aliphatic rings. The van der Waals surface area contributed by atoms with Crippen molar-refractivity contribution in [2.45, 2.75) is 26.2 Å². The molecule has 0 bridgehead atoms. The van der Waals surface area contributed by atoms with Crippen LogP contribution >= 0.6 is 0 Å². The molecule has 5 nitrogen and oxygen atoms in total. The van der Waals surface area contributed by atoms with Crippen LogP contribution in [0.4, 0.5) is 5.69 Å². The van der Waals surface area contributed by atoms with Crippen LogP contribution in [-0.4, -0.2) is 23.3 Å². The van der Waals surface area contributed by atoms with E-state index < -0.39 is 0 Å². The first-order valence-corrected chi connectivity index (χ1v) is 10.3. The Kier molecular flexibility index (Phi) is 5.80. The zero-order valence-corrected chi connectivity index (χ0v) is 17.0. The number of amides is 2. The van der Waals surface area contributed by atoms with E-state index in [4.69, 9.17) is 0 Å². The number of hydrogen-bond donors (Lipinski definition) is 3. The molecule has 0 fully saturated rings. The van der Waals surface area contributed by atoms with E-state index in [0.717, 1.165) is 41.8 Å². The standard InChI is InChI=1S/C25H25N3O2/c1-17-15-23(25(30)26-14-8-7-11-18-9-3-2-4-10-18)27-22(17)16-20-19-12-5-6-13-21(19)28-24(20)29/h2-6,9-10,12-13,15-16,27H,7-8,11,14H2,1H3,(H,26,30)(H,28,29)/b20-16-. The lowest BCUT2D eigenvalue weighted by Crippen LogP contribution is -2.24. The van der Waals surface area contributed by atoms with Crippen molar-refractivity contribution < 1.29 is 9.59 Å². The smallest absolute Gasteiger partial charge is 0.267 e. The number of benzene rings is 2. The fourth-order valence-corrected chi connectivity index (χ4v) is 3.67. The summed E-state index contributed by atoms with van der Waals surface area (Å²) in [6.45, 7) is 2.56. The second kappa shape index (κ2) is 8.82. The minimum absolute atomic E-state index is 0.126. The summed E-state index contributed by atoms with van der Waals surface area (Å²) < 4.78 is 0. The molecule has 4 rings (SSSR count). The number of hydrogen-bond acceptors (Lipinski definition) is 2. The molecule has 0 aliphatic carbocycles. The highest BCUT2D eigenvalue weighted by Crippen LogP contribution is 2.33. The third-order valence-electron chi connectivity index (χ3n) is 5.32. The molecule has 30 heavy (non-hydrogen) atoms. The van der Waals surface area contributed by atoms with Crippen molar-refractivity contribution in [3.63, 3.8) is 0 Å². The Hall–Kier alpha value is -3.60. The van der Waals surface area contributed by atoms with Crippen molar-refractivity contribution in [1.82, 2.24) is 10.3 Å². The second-order valence-corrected chi connectivity index (χ2v) is 7.54. The number of H-pyrrole nitrogens is 1. The van der Waals surface area contributed by atoms with Crippen molar-refractivity contribution >= 4 is 29.2 Å². The van der Waals surface area contributed by atoms with Gasteiger partial charge in [0.25, 0.3) is 11.8 Å². The molecular weight excluding hydrogens is 374 g/mol. The zero-order valence-electron chi connectivity index (χ0n) is 17.0. The lowest BCUT2D eigenvalue weighted by molar-refractivity contribution is -0.110. The molecule has 2 aromatic carbocycles. The first-order chi connectivity index (χ1) is 14.6. The van der Waals surface area contributed by atoms with Gasteiger partial charge in [-0.15, -0.1) is 0 Å². The number of unbranched alkanes of at least 4 members (excludes halogenated alkanes) is 1. The summed E-state index contributed by atoms with van der Waals surface area (Å²) in [4.78, 5) is 28.0. The van der Waals surface area contributed by atoms with E-state index in [2.05, 4.69) is 27.8 Å². The number of rotatable bonds is 7. The Morgan fingerprint density at radius 1 is 1.03 bits per heavy atom. The van der Waals surface area contributed by atoms with Crippen LogP contribution in [0.1, 0.15) is 45.7 Å². The Morgan fingerprint density at radius 2 is 1.80 bits per heavy atom. The van der Waals surface area contributed by atoms with E-state index in [-0.39, 0.29) is 11.8 Å². The van der Waals surface area contributed by atoms with Crippen molar-refractivity contribution in [1.29, 1.82) is 0 Å². The van der Waals surface area contributed by atoms with Gasteiger partial charge in [0.05, 0.1) is 5.57 Å². The monoisotopic (exact) mass is 399 g/mol. The molecule has 3 aromatic rings. The average molecular weight is 399 g/mol. The summed E-state index contributed by atoms with van der Waals surface area (Å²) >= 11 is 0.